The lowest BCUT2D eigenvalue weighted by Gasteiger charge is -1.92. The van der Waals surface area contributed by atoms with Gasteiger partial charge in [0, 0.05) is 6.08 Å². The van der Waals surface area contributed by atoms with Gasteiger partial charge in [0.1, 0.15) is 0 Å². The fourth-order valence-electron chi connectivity index (χ4n) is 0.964. The molecule has 1 aromatic rings. The lowest BCUT2D eigenvalue weighted by atomic mass is 10.1. The lowest BCUT2D eigenvalue weighted by Crippen LogP contribution is -1.80. The van der Waals surface area contributed by atoms with E-state index >= 15 is 0 Å². The molecule has 0 bridgehead atoms. The van der Waals surface area contributed by atoms with Crippen LogP contribution in [-0.2, 0) is 0 Å². The first kappa shape index (κ1) is 10.2. The summed E-state index contributed by atoms with van der Waals surface area (Å²) < 4.78 is 0. The smallest absolute Gasteiger partial charge is 0.234 e. The van der Waals surface area contributed by atoms with Crippen LogP contribution in [0.5, 0.6) is 0 Å². The normalized spacial score (nSPS) is 11.2. The van der Waals surface area contributed by atoms with Gasteiger partial charge < -0.3 is 0 Å². The molecule has 0 aliphatic heterocycles. The summed E-state index contributed by atoms with van der Waals surface area (Å²) in [6.07, 6.45) is 5.78. The molecule has 3 nitrogen and oxygen atoms in total. The number of hydrogen-bond acceptors (Lipinski definition) is 2. The van der Waals surface area contributed by atoms with Gasteiger partial charge >= 0.3 is 0 Å². The fraction of sp³-hybridized carbons (Fsp3) is 0.0909. The molecule has 0 aromatic heterocycles. The summed E-state index contributed by atoms with van der Waals surface area (Å²) in [5, 5.41) is 9.94. The maximum absolute atomic E-state index is 9.94. The Morgan fingerprint density at radius 3 is 2.43 bits per heavy atom. The summed E-state index contributed by atoms with van der Waals surface area (Å²) in [4.78, 5) is 9.45. The van der Waals surface area contributed by atoms with Crippen molar-refractivity contribution in [3.63, 3.8) is 0 Å². The van der Waals surface area contributed by atoms with Crippen molar-refractivity contribution in [2.24, 2.45) is 0 Å². The Kier molecular flexibility index (Phi) is 3.61. The molecule has 0 aliphatic rings. The van der Waals surface area contributed by atoms with E-state index in [0.29, 0.717) is 0 Å². The van der Waals surface area contributed by atoms with Crippen molar-refractivity contribution < 1.29 is 4.92 Å². The van der Waals surface area contributed by atoms with Crippen molar-refractivity contribution in [1.29, 1.82) is 0 Å². The molecule has 0 atom stereocenters. The molecule has 72 valence electrons. The largest absolute Gasteiger partial charge is 0.259 e. The second kappa shape index (κ2) is 4.97. The molecule has 3 heteroatoms. The average molecular weight is 189 g/mol. The summed E-state index contributed by atoms with van der Waals surface area (Å²) >= 11 is 0. The Bertz CT molecular complexity index is 363. The van der Waals surface area contributed by atoms with E-state index in [2.05, 4.69) is 0 Å². The van der Waals surface area contributed by atoms with Crippen LogP contribution in [0.15, 0.2) is 42.6 Å². The zero-order valence-corrected chi connectivity index (χ0v) is 7.88. The highest BCUT2D eigenvalue weighted by molar-refractivity contribution is 5.51. The summed E-state index contributed by atoms with van der Waals surface area (Å²) in [6.45, 7) is 2.01. The molecule has 0 N–H and O–H groups in total. The topological polar surface area (TPSA) is 43.1 Å². The van der Waals surface area contributed by atoms with E-state index < -0.39 is 4.92 Å². The number of nitrogens with zero attached hydrogens (tertiary/aromatic N) is 1. The molecular formula is C11H11NO2. The predicted molar refractivity (Wildman–Crippen MR) is 56.3 cm³/mol. The maximum atomic E-state index is 9.94. The summed E-state index contributed by atoms with van der Waals surface area (Å²) in [5.41, 5.74) is 2.23. The highest BCUT2D eigenvalue weighted by Gasteiger charge is 1.85. The van der Waals surface area contributed by atoms with E-state index in [0.717, 1.165) is 11.8 Å². The summed E-state index contributed by atoms with van der Waals surface area (Å²) in [6, 6.07) is 7.92. The van der Waals surface area contributed by atoms with Crippen LogP contribution in [0, 0.1) is 17.0 Å². The minimum atomic E-state index is -0.487. The Hall–Kier alpha value is -1.90. The van der Waals surface area contributed by atoms with Crippen LogP contribution in [0.25, 0.3) is 6.08 Å². The van der Waals surface area contributed by atoms with Crippen molar-refractivity contribution >= 4 is 6.08 Å². The van der Waals surface area contributed by atoms with Gasteiger partial charge in [-0.15, -0.1) is 0 Å². The van der Waals surface area contributed by atoms with Crippen LogP contribution >= 0.6 is 0 Å². The third-order valence-electron chi connectivity index (χ3n) is 1.68. The van der Waals surface area contributed by atoms with Gasteiger partial charge in [0.05, 0.1) is 4.92 Å². The first-order valence-corrected chi connectivity index (χ1v) is 4.23. The lowest BCUT2D eigenvalue weighted by molar-refractivity contribution is -0.402. The minimum Gasteiger partial charge on any atom is -0.259 e. The molecule has 1 aromatic carbocycles. The standard InChI is InChI=1S/C11H11NO2/c1-10-5-7-11(8-6-10)4-2-3-9-12(13)14/h2-9H,1H3/b4-2+,9-3+. The van der Waals surface area contributed by atoms with Crippen LogP contribution in [0.2, 0.25) is 0 Å². The van der Waals surface area contributed by atoms with E-state index in [9.17, 15) is 10.1 Å². The Balaban J connectivity index is 2.60. The van der Waals surface area contributed by atoms with Gasteiger partial charge in [0.25, 0.3) is 0 Å². The van der Waals surface area contributed by atoms with Gasteiger partial charge in [-0.25, -0.2) is 0 Å². The number of nitro groups is 1. The van der Waals surface area contributed by atoms with Gasteiger partial charge in [0.2, 0.25) is 6.20 Å². The van der Waals surface area contributed by atoms with Gasteiger partial charge in [-0.05, 0) is 12.5 Å². The van der Waals surface area contributed by atoms with E-state index in [-0.39, 0.29) is 0 Å². The SMILES string of the molecule is Cc1ccc(/C=C/C=C/[N+](=O)[O-])cc1. The molecule has 0 amide bonds. The van der Waals surface area contributed by atoms with E-state index in [1.165, 1.54) is 11.6 Å². The van der Waals surface area contributed by atoms with E-state index in [1.54, 1.807) is 6.08 Å². The summed E-state index contributed by atoms with van der Waals surface area (Å²) in [5.74, 6) is 0. The third kappa shape index (κ3) is 3.67. The summed E-state index contributed by atoms with van der Waals surface area (Å²) in [7, 11) is 0. The van der Waals surface area contributed by atoms with Crippen LogP contribution in [0.1, 0.15) is 11.1 Å². The molecule has 14 heavy (non-hydrogen) atoms. The Morgan fingerprint density at radius 1 is 1.21 bits per heavy atom. The molecule has 1 rings (SSSR count). The van der Waals surface area contributed by atoms with E-state index in [1.807, 2.05) is 37.3 Å². The second-order valence-corrected chi connectivity index (χ2v) is 2.90. The minimum absolute atomic E-state index is 0.487. The number of hydrogen-bond donors (Lipinski definition) is 0. The van der Waals surface area contributed by atoms with Gasteiger partial charge in [-0.1, -0.05) is 42.0 Å². The monoisotopic (exact) mass is 189 g/mol. The number of allylic oxidation sites excluding steroid dienone is 2. The highest BCUT2D eigenvalue weighted by Crippen LogP contribution is 2.04. The molecule has 0 saturated heterocycles. The molecule has 0 radical (unpaired) electrons. The molecule has 0 fully saturated rings. The van der Waals surface area contributed by atoms with Crippen LogP contribution in [0.3, 0.4) is 0 Å². The molecule has 0 spiro atoms. The number of rotatable bonds is 3. The van der Waals surface area contributed by atoms with Gasteiger partial charge in [-0.2, -0.15) is 0 Å². The van der Waals surface area contributed by atoms with Gasteiger partial charge in [-0.3, -0.25) is 10.1 Å². The van der Waals surface area contributed by atoms with Crippen molar-refractivity contribution in [2.75, 3.05) is 0 Å². The van der Waals surface area contributed by atoms with Crippen LogP contribution < -0.4 is 0 Å². The van der Waals surface area contributed by atoms with Gasteiger partial charge in [0.15, 0.2) is 0 Å². The molecule has 0 heterocycles. The molecule has 0 unspecified atom stereocenters. The molecule has 0 saturated carbocycles. The van der Waals surface area contributed by atoms with E-state index in [4.69, 9.17) is 0 Å². The first-order valence-electron chi connectivity index (χ1n) is 4.23. The third-order valence-corrected chi connectivity index (χ3v) is 1.68. The Labute approximate surface area is 82.5 Å². The maximum Gasteiger partial charge on any atom is 0.234 e. The zero-order valence-electron chi connectivity index (χ0n) is 7.88. The molecule has 0 aliphatic carbocycles. The van der Waals surface area contributed by atoms with Crippen LogP contribution in [0.4, 0.5) is 0 Å². The highest BCUT2D eigenvalue weighted by atomic mass is 16.6. The fourth-order valence-corrected chi connectivity index (χ4v) is 0.964. The quantitative estimate of drug-likeness (QED) is 0.417. The zero-order chi connectivity index (χ0) is 10.4. The predicted octanol–water partition coefficient (Wildman–Crippen LogP) is 2.80. The average Bonchev–Trinajstić information content (AvgIpc) is 2.15. The van der Waals surface area contributed by atoms with Crippen LogP contribution in [-0.4, -0.2) is 4.92 Å². The first-order chi connectivity index (χ1) is 6.68. The Morgan fingerprint density at radius 2 is 1.86 bits per heavy atom. The van der Waals surface area contributed by atoms with Crippen molar-refractivity contribution in [3.05, 3.63) is 63.9 Å². The van der Waals surface area contributed by atoms with Crippen molar-refractivity contribution in [3.8, 4) is 0 Å². The number of benzene rings is 1. The van der Waals surface area contributed by atoms with Crippen molar-refractivity contribution in [2.45, 2.75) is 6.92 Å². The van der Waals surface area contributed by atoms with Crippen molar-refractivity contribution in [1.82, 2.24) is 0 Å². The molecular weight excluding hydrogens is 178 g/mol. The number of aryl methyl sites for hydroxylation is 1. The second-order valence-electron chi connectivity index (χ2n) is 2.90.